The van der Waals surface area contributed by atoms with Crippen LogP contribution in [0.4, 0.5) is 5.69 Å². The minimum Gasteiger partial charge on any atom is -0.480 e. The SMILES string of the molecule is COCC(c1cc(Cl)nnc1OC)n1cc([N+](=O)[O-])cn1. The van der Waals surface area contributed by atoms with Crippen molar-refractivity contribution in [2.24, 2.45) is 0 Å². The van der Waals surface area contributed by atoms with Crippen LogP contribution >= 0.6 is 11.6 Å². The van der Waals surface area contributed by atoms with E-state index in [0.717, 1.165) is 6.20 Å². The second-order valence-electron chi connectivity index (χ2n) is 4.04. The van der Waals surface area contributed by atoms with Crippen molar-refractivity contribution in [3.05, 3.63) is 39.3 Å². The molecule has 0 aromatic carbocycles. The third kappa shape index (κ3) is 3.26. The molecule has 1 atom stereocenters. The van der Waals surface area contributed by atoms with Crippen molar-refractivity contribution in [1.29, 1.82) is 0 Å². The summed E-state index contributed by atoms with van der Waals surface area (Å²) in [6.07, 6.45) is 2.46. The zero-order valence-electron chi connectivity index (χ0n) is 11.3. The summed E-state index contributed by atoms with van der Waals surface area (Å²) in [6, 6.07) is 1.08. The normalized spacial score (nSPS) is 12.1. The standard InChI is InChI=1S/C11H12ClN5O4/c1-20-6-9(16-5-7(4-13-16)17(18)19)8-3-10(12)14-15-11(8)21-2/h3-5,9H,6H2,1-2H3. The lowest BCUT2D eigenvalue weighted by atomic mass is 10.1. The molecule has 1 unspecified atom stereocenters. The van der Waals surface area contributed by atoms with Gasteiger partial charge in [-0.2, -0.15) is 5.10 Å². The summed E-state index contributed by atoms with van der Waals surface area (Å²) in [5.74, 6) is 0.250. The first-order valence-corrected chi connectivity index (χ1v) is 6.19. The van der Waals surface area contributed by atoms with E-state index in [1.165, 1.54) is 25.1 Å². The largest absolute Gasteiger partial charge is 0.480 e. The van der Waals surface area contributed by atoms with Crippen LogP contribution in [-0.2, 0) is 4.74 Å². The Labute approximate surface area is 124 Å². The van der Waals surface area contributed by atoms with Crippen molar-refractivity contribution in [3.63, 3.8) is 0 Å². The second-order valence-corrected chi connectivity index (χ2v) is 4.43. The Morgan fingerprint density at radius 2 is 2.24 bits per heavy atom. The maximum absolute atomic E-state index is 10.8. The molecule has 0 amide bonds. The minimum absolute atomic E-state index is 0.122. The van der Waals surface area contributed by atoms with Gasteiger partial charge in [0.05, 0.1) is 18.6 Å². The number of ether oxygens (including phenoxy) is 2. The van der Waals surface area contributed by atoms with Crippen molar-refractivity contribution in [2.45, 2.75) is 6.04 Å². The summed E-state index contributed by atoms with van der Waals surface area (Å²) >= 11 is 5.85. The first kappa shape index (κ1) is 15.1. The number of rotatable bonds is 6. The van der Waals surface area contributed by atoms with Gasteiger partial charge in [-0.05, 0) is 6.07 Å². The summed E-state index contributed by atoms with van der Waals surface area (Å²) in [5, 5.41) is 22.4. The zero-order chi connectivity index (χ0) is 15.4. The van der Waals surface area contributed by atoms with Crippen molar-refractivity contribution in [3.8, 4) is 5.88 Å². The molecule has 0 N–H and O–H groups in total. The van der Waals surface area contributed by atoms with Gasteiger partial charge >= 0.3 is 5.69 Å². The van der Waals surface area contributed by atoms with Gasteiger partial charge in [0.15, 0.2) is 5.15 Å². The van der Waals surface area contributed by atoms with E-state index in [2.05, 4.69) is 15.3 Å². The molecule has 0 aliphatic rings. The van der Waals surface area contributed by atoms with Crippen molar-refractivity contribution in [2.75, 3.05) is 20.8 Å². The number of hydrogen-bond acceptors (Lipinski definition) is 7. The Hall–Kier alpha value is -2.26. The Morgan fingerprint density at radius 3 is 2.81 bits per heavy atom. The highest BCUT2D eigenvalue weighted by molar-refractivity contribution is 6.29. The molecule has 9 nitrogen and oxygen atoms in total. The maximum atomic E-state index is 10.8. The number of nitro groups is 1. The van der Waals surface area contributed by atoms with Crippen LogP contribution in [0.15, 0.2) is 18.5 Å². The molecule has 0 aliphatic carbocycles. The Balaban J connectivity index is 2.47. The second kappa shape index (κ2) is 6.46. The molecular formula is C11H12ClN5O4. The molecular weight excluding hydrogens is 302 g/mol. The van der Waals surface area contributed by atoms with Gasteiger partial charge in [-0.1, -0.05) is 11.6 Å². The highest BCUT2D eigenvalue weighted by Gasteiger charge is 2.23. The van der Waals surface area contributed by atoms with Crippen LogP contribution in [0.25, 0.3) is 0 Å². The molecule has 2 rings (SSSR count). The van der Waals surface area contributed by atoms with Gasteiger partial charge in [0, 0.05) is 12.7 Å². The van der Waals surface area contributed by atoms with Gasteiger partial charge in [0.25, 0.3) is 0 Å². The first-order valence-electron chi connectivity index (χ1n) is 5.81. The number of halogens is 1. The summed E-state index contributed by atoms with van der Waals surface area (Å²) in [6.45, 7) is 0.206. The van der Waals surface area contributed by atoms with E-state index < -0.39 is 11.0 Å². The van der Waals surface area contributed by atoms with Crippen LogP contribution in [0.1, 0.15) is 11.6 Å². The van der Waals surface area contributed by atoms with Crippen LogP contribution in [0.3, 0.4) is 0 Å². The quantitative estimate of drug-likeness (QED) is 0.587. The third-order valence-corrected chi connectivity index (χ3v) is 2.94. The lowest BCUT2D eigenvalue weighted by Crippen LogP contribution is -2.18. The Morgan fingerprint density at radius 1 is 1.48 bits per heavy atom. The van der Waals surface area contributed by atoms with Crippen LogP contribution in [-0.4, -0.2) is 45.7 Å². The van der Waals surface area contributed by atoms with E-state index in [0.29, 0.717) is 5.56 Å². The molecule has 0 spiro atoms. The topological polar surface area (TPSA) is 105 Å². The number of hydrogen-bond donors (Lipinski definition) is 0. The fraction of sp³-hybridized carbons (Fsp3) is 0.364. The molecule has 2 aromatic rings. The summed E-state index contributed by atoms with van der Waals surface area (Å²) in [4.78, 5) is 10.2. The number of nitrogens with zero attached hydrogens (tertiary/aromatic N) is 5. The summed E-state index contributed by atoms with van der Waals surface area (Å²) in [5.41, 5.74) is 0.445. The highest BCUT2D eigenvalue weighted by atomic mass is 35.5. The molecule has 112 valence electrons. The fourth-order valence-electron chi connectivity index (χ4n) is 1.83. The van der Waals surface area contributed by atoms with Gasteiger partial charge in [-0.3, -0.25) is 14.8 Å². The van der Waals surface area contributed by atoms with E-state index in [4.69, 9.17) is 21.1 Å². The lowest BCUT2D eigenvalue weighted by Gasteiger charge is -2.18. The van der Waals surface area contributed by atoms with Gasteiger partial charge in [-0.15, -0.1) is 10.2 Å². The van der Waals surface area contributed by atoms with Crippen molar-refractivity contribution in [1.82, 2.24) is 20.0 Å². The molecule has 0 saturated heterocycles. The predicted molar refractivity (Wildman–Crippen MR) is 72.5 cm³/mol. The van der Waals surface area contributed by atoms with Gasteiger partial charge < -0.3 is 9.47 Å². The van der Waals surface area contributed by atoms with E-state index >= 15 is 0 Å². The van der Waals surface area contributed by atoms with Crippen molar-refractivity contribution >= 4 is 17.3 Å². The molecule has 0 radical (unpaired) electrons. The lowest BCUT2D eigenvalue weighted by molar-refractivity contribution is -0.385. The smallest absolute Gasteiger partial charge is 0.307 e. The third-order valence-electron chi connectivity index (χ3n) is 2.75. The van der Waals surface area contributed by atoms with E-state index in [1.54, 1.807) is 6.07 Å². The van der Waals surface area contributed by atoms with Gasteiger partial charge in [-0.25, -0.2) is 0 Å². The van der Waals surface area contributed by atoms with E-state index in [1.807, 2.05) is 0 Å². The summed E-state index contributed by atoms with van der Waals surface area (Å²) in [7, 11) is 2.95. The van der Waals surface area contributed by atoms with Gasteiger partial charge in [0.1, 0.15) is 18.4 Å². The monoisotopic (exact) mass is 313 g/mol. The Bertz CT molecular complexity index is 647. The van der Waals surface area contributed by atoms with E-state index in [9.17, 15) is 10.1 Å². The van der Waals surface area contributed by atoms with Crippen LogP contribution in [0.2, 0.25) is 5.15 Å². The van der Waals surface area contributed by atoms with Crippen LogP contribution in [0, 0.1) is 10.1 Å². The molecule has 0 saturated carbocycles. The molecule has 2 aromatic heterocycles. The van der Waals surface area contributed by atoms with Crippen molar-refractivity contribution < 1.29 is 14.4 Å². The highest BCUT2D eigenvalue weighted by Crippen LogP contribution is 2.28. The van der Waals surface area contributed by atoms with Crippen LogP contribution in [0.5, 0.6) is 5.88 Å². The first-order chi connectivity index (χ1) is 10.1. The Kier molecular flexibility index (Phi) is 4.66. The number of aromatic nitrogens is 4. The molecule has 0 aliphatic heterocycles. The predicted octanol–water partition coefficient (Wildman–Crippen LogP) is 1.48. The number of methoxy groups -OCH3 is 2. The molecule has 21 heavy (non-hydrogen) atoms. The van der Waals surface area contributed by atoms with Crippen LogP contribution < -0.4 is 4.74 Å². The molecule has 10 heteroatoms. The molecule has 2 heterocycles. The molecule has 0 fully saturated rings. The average Bonchev–Trinajstić information content (AvgIpc) is 2.94. The zero-order valence-corrected chi connectivity index (χ0v) is 12.0. The molecule has 0 bridgehead atoms. The fourth-order valence-corrected chi connectivity index (χ4v) is 1.98. The minimum atomic E-state index is -0.525. The van der Waals surface area contributed by atoms with Gasteiger partial charge in [0.2, 0.25) is 5.88 Å². The van der Waals surface area contributed by atoms with E-state index in [-0.39, 0.29) is 23.3 Å². The average molecular weight is 314 g/mol. The maximum Gasteiger partial charge on any atom is 0.307 e. The summed E-state index contributed by atoms with van der Waals surface area (Å²) < 4.78 is 11.7.